The number of hydrogen-bond acceptors (Lipinski definition) is 8. The first-order valence-corrected chi connectivity index (χ1v) is 11.9. The van der Waals surface area contributed by atoms with Crippen LogP contribution in [0.5, 0.6) is 17.4 Å². The van der Waals surface area contributed by atoms with Crippen molar-refractivity contribution in [1.29, 1.82) is 0 Å². The van der Waals surface area contributed by atoms with Crippen LogP contribution >= 0.6 is 11.3 Å². The van der Waals surface area contributed by atoms with Crippen LogP contribution in [-0.2, 0) is 11.3 Å². The monoisotopic (exact) mass is 471 g/mol. The number of ether oxygens (including phenoxy) is 4. The van der Waals surface area contributed by atoms with Crippen LogP contribution in [-0.4, -0.2) is 60.8 Å². The Hall–Kier alpha value is -2.91. The molecule has 3 heterocycles. The maximum absolute atomic E-state index is 13.4. The predicted octanol–water partition coefficient (Wildman–Crippen LogP) is 4.24. The van der Waals surface area contributed by atoms with Crippen LogP contribution in [0.4, 0.5) is 0 Å². The second-order valence-corrected chi connectivity index (χ2v) is 8.81. The Morgan fingerprint density at radius 3 is 2.55 bits per heavy atom. The van der Waals surface area contributed by atoms with Gasteiger partial charge in [-0.25, -0.2) is 4.98 Å². The number of rotatable bonds is 8. The third-order valence-corrected chi connectivity index (χ3v) is 6.81. The fraction of sp³-hybridized carbons (Fsp3) is 0.458. The number of para-hydroxylation sites is 2. The van der Waals surface area contributed by atoms with Crippen molar-refractivity contribution in [2.45, 2.75) is 39.4 Å². The molecule has 0 bridgehead atoms. The molecule has 1 amide bonds. The normalized spacial score (nSPS) is 14.5. The van der Waals surface area contributed by atoms with E-state index in [1.165, 1.54) is 11.3 Å². The quantitative estimate of drug-likeness (QED) is 0.486. The molecule has 176 valence electrons. The molecule has 33 heavy (non-hydrogen) atoms. The van der Waals surface area contributed by atoms with Gasteiger partial charge in [-0.2, -0.15) is 4.98 Å². The number of aromatic nitrogens is 2. The highest BCUT2D eigenvalue weighted by atomic mass is 32.1. The molecule has 1 saturated heterocycles. The van der Waals surface area contributed by atoms with Crippen molar-refractivity contribution in [3.05, 3.63) is 40.5 Å². The number of amides is 1. The second-order valence-electron chi connectivity index (χ2n) is 7.81. The Morgan fingerprint density at radius 1 is 1.15 bits per heavy atom. The number of carbonyl (C=O) groups is 1. The molecule has 0 unspecified atom stereocenters. The molecule has 3 aromatic rings. The predicted molar refractivity (Wildman–Crippen MR) is 127 cm³/mol. The van der Waals surface area contributed by atoms with Gasteiger partial charge in [-0.15, -0.1) is 11.3 Å². The van der Waals surface area contributed by atoms with Gasteiger partial charge in [0.2, 0.25) is 5.88 Å². The summed E-state index contributed by atoms with van der Waals surface area (Å²) in [5.74, 6) is 2.52. The first-order valence-electron chi connectivity index (χ1n) is 11.1. The Bertz CT molecular complexity index is 1120. The van der Waals surface area contributed by atoms with Crippen molar-refractivity contribution in [2.24, 2.45) is 0 Å². The van der Waals surface area contributed by atoms with Crippen molar-refractivity contribution in [1.82, 2.24) is 14.9 Å². The maximum atomic E-state index is 13.4. The Labute approximate surface area is 197 Å². The van der Waals surface area contributed by atoms with Crippen molar-refractivity contribution in [3.63, 3.8) is 0 Å². The number of carbonyl (C=O) groups excluding carboxylic acids is 1. The highest BCUT2D eigenvalue weighted by Gasteiger charge is 2.29. The van der Waals surface area contributed by atoms with Crippen LogP contribution in [0.1, 0.15) is 40.8 Å². The molecular formula is C24H29N3O5S. The van der Waals surface area contributed by atoms with Gasteiger partial charge in [-0.05, 0) is 31.5 Å². The molecule has 4 rings (SSSR count). The summed E-state index contributed by atoms with van der Waals surface area (Å²) in [6.45, 7) is 6.01. The smallest absolute Gasteiger partial charge is 0.264 e. The van der Waals surface area contributed by atoms with E-state index in [-0.39, 0.29) is 18.6 Å². The van der Waals surface area contributed by atoms with Gasteiger partial charge in [0.1, 0.15) is 17.5 Å². The summed E-state index contributed by atoms with van der Waals surface area (Å²) >= 11 is 1.38. The first-order chi connectivity index (χ1) is 16.0. The highest BCUT2D eigenvalue weighted by Crippen LogP contribution is 2.36. The van der Waals surface area contributed by atoms with Crippen molar-refractivity contribution in [3.8, 4) is 17.4 Å². The highest BCUT2D eigenvalue weighted by molar-refractivity contribution is 7.20. The number of nitrogens with zero attached hydrogens (tertiary/aromatic N) is 3. The topological polar surface area (TPSA) is 83.0 Å². The summed E-state index contributed by atoms with van der Waals surface area (Å²) in [6.07, 6.45) is 1.57. The molecule has 9 heteroatoms. The average molecular weight is 472 g/mol. The largest absolute Gasteiger partial charge is 0.490 e. The molecule has 1 aromatic carbocycles. The Morgan fingerprint density at radius 2 is 1.88 bits per heavy atom. The zero-order valence-corrected chi connectivity index (χ0v) is 20.2. The molecule has 0 radical (unpaired) electrons. The third-order valence-electron chi connectivity index (χ3n) is 5.64. The average Bonchev–Trinajstić information content (AvgIpc) is 3.16. The standard InChI is InChI=1S/C24H29N3O5S/c1-5-31-17-8-6-7-9-18(17)32-16-10-12-27(13-11-16)24(28)21-15(2)20-22(30-4)25-19(14-29-3)26-23(20)33-21/h6-9,16H,5,10-14H2,1-4H3. The number of fused-ring (bicyclic) bond motifs is 1. The van der Waals surface area contributed by atoms with E-state index < -0.39 is 0 Å². The van der Waals surface area contributed by atoms with E-state index in [0.29, 0.717) is 36.3 Å². The summed E-state index contributed by atoms with van der Waals surface area (Å²) in [4.78, 5) is 25.7. The molecular weight excluding hydrogens is 442 g/mol. The minimum Gasteiger partial charge on any atom is -0.490 e. The number of thiophene rings is 1. The van der Waals surface area contributed by atoms with Crippen LogP contribution in [0.25, 0.3) is 10.2 Å². The minimum absolute atomic E-state index is 0.0130. The molecule has 0 aliphatic carbocycles. The van der Waals surface area contributed by atoms with Gasteiger partial charge in [-0.3, -0.25) is 4.79 Å². The Balaban J connectivity index is 1.47. The lowest BCUT2D eigenvalue weighted by atomic mass is 10.1. The number of benzene rings is 1. The fourth-order valence-electron chi connectivity index (χ4n) is 4.01. The second kappa shape index (κ2) is 10.4. The summed E-state index contributed by atoms with van der Waals surface area (Å²) in [7, 11) is 3.17. The van der Waals surface area contributed by atoms with E-state index in [2.05, 4.69) is 9.97 Å². The van der Waals surface area contributed by atoms with Gasteiger partial charge < -0.3 is 23.8 Å². The summed E-state index contributed by atoms with van der Waals surface area (Å²) in [5, 5.41) is 0.788. The number of methoxy groups -OCH3 is 2. The van der Waals surface area contributed by atoms with Crippen LogP contribution in [0, 0.1) is 6.92 Å². The molecule has 0 saturated carbocycles. The molecule has 0 spiro atoms. The summed E-state index contributed by atoms with van der Waals surface area (Å²) in [6, 6.07) is 7.71. The number of piperidine rings is 1. The maximum Gasteiger partial charge on any atom is 0.264 e. The lowest BCUT2D eigenvalue weighted by Gasteiger charge is -2.32. The van der Waals surface area contributed by atoms with Crippen molar-refractivity contribution in [2.75, 3.05) is 33.9 Å². The molecule has 1 aliphatic heterocycles. The SMILES string of the molecule is CCOc1ccccc1OC1CCN(C(=O)c2sc3nc(COC)nc(OC)c3c2C)CC1. The zero-order chi connectivity index (χ0) is 23.4. The van der Waals surface area contributed by atoms with Crippen LogP contribution in [0.2, 0.25) is 0 Å². The first kappa shape index (κ1) is 23.3. The molecule has 1 fully saturated rings. The number of hydrogen-bond donors (Lipinski definition) is 0. The van der Waals surface area contributed by atoms with Crippen LogP contribution < -0.4 is 14.2 Å². The van der Waals surface area contributed by atoms with Crippen molar-refractivity contribution >= 4 is 27.5 Å². The third kappa shape index (κ3) is 4.89. The van der Waals surface area contributed by atoms with E-state index in [1.54, 1.807) is 14.2 Å². The van der Waals surface area contributed by atoms with E-state index in [0.717, 1.165) is 40.1 Å². The Kier molecular flexibility index (Phi) is 7.29. The van der Waals surface area contributed by atoms with E-state index in [1.807, 2.05) is 43.0 Å². The van der Waals surface area contributed by atoms with Gasteiger partial charge >= 0.3 is 0 Å². The van der Waals surface area contributed by atoms with Gasteiger partial charge in [0.05, 0.1) is 24.0 Å². The van der Waals surface area contributed by atoms with Crippen LogP contribution in [0.15, 0.2) is 24.3 Å². The lowest BCUT2D eigenvalue weighted by Crippen LogP contribution is -2.41. The summed E-state index contributed by atoms with van der Waals surface area (Å²) < 4.78 is 22.5. The van der Waals surface area contributed by atoms with Gasteiger partial charge in [0.15, 0.2) is 17.3 Å². The molecule has 2 aromatic heterocycles. The van der Waals surface area contributed by atoms with Crippen molar-refractivity contribution < 1.29 is 23.7 Å². The minimum atomic E-state index is 0.0130. The molecule has 1 aliphatic rings. The molecule has 0 atom stereocenters. The van der Waals surface area contributed by atoms with Gasteiger partial charge in [0.25, 0.3) is 5.91 Å². The van der Waals surface area contributed by atoms with Gasteiger partial charge in [-0.1, -0.05) is 12.1 Å². The van der Waals surface area contributed by atoms with E-state index in [9.17, 15) is 4.79 Å². The molecule has 0 N–H and O–H groups in total. The van der Waals surface area contributed by atoms with Gasteiger partial charge in [0, 0.05) is 33.0 Å². The summed E-state index contributed by atoms with van der Waals surface area (Å²) in [5.41, 5.74) is 0.852. The van der Waals surface area contributed by atoms with E-state index in [4.69, 9.17) is 18.9 Å². The zero-order valence-electron chi connectivity index (χ0n) is 19.4. The lowest BCUT2D eigenvalue weighted by molar-refractivity contribution is 0.0593. The number of likely N-dealkylation sites (tertiary alicyclic amines) is 1. The fourth-order valence-corrected chi connectivity index (χ4v) is 5.17. The molecule has 8 nitrogen and oxygen atoms in total. The van der Waals surface area contributed by atoms with Crippen LogP contribution in [0.3, 0.4) is 0 Å². The van der Waals surface area contributed by atoms with E-state index >= 15 is 0 Å². The number of aryl methyl sites for hydroxylation is 1.